The summed E-state index contributed by atoms with van der Waals surface area (Å²) in [6.45, 7) is 6.38. The second-order valence-electron chi connectivity index (χ2n) is 5.51. The number of nitrogens with two attached hydrogens (primary N) is 1. The molecule has 0 fully saturated rings. The van der Waals surface area contributed by atoms with E-state index in [1.165, 1.54) is 5.56 Å². The summed E-state index contributed by atoms with van der Waals surface area (Å²) in [6, 6.07) is 8.61. The van der Waals surface area contributed by atoms with E-state index in [1.54, 1.807) is 18.0 Å². The molecule has 0 aliphatic carbocycles. The highest BCUT2D eigenvalue weighted by Crippen LogP contribution is 2.23. The zero-order valence-electron chi connectivity index (χ0n) is 12.3. The van der Waals surface area contributed by atoms with Crippen molar-refractivity contribution < 1.29 is 4.42 Å². The largest absolute Gasteiger partial charge is 0.440 e. The highest BCUT2D eigenvalue weighted by Gasteiger charge is 2.09. The second-order valence-corrected chi connectivity index (χ2v) is 6.48. The number of rotatable bonds is 6. The van der Waals surface area contributed by atoms with Gasteiger partial charge in [-0.25, -0.2) is 4.98 Å². The molecule has 0 aliphatic rings. The lowest BCUT2D eigenvalue weighted by Gasteiger charge is -2.12. The SMILES string of the molecule is Cc1coc(SCC(N)c2ccc(CC(C)C)cc2)n1. The van der Waals surface area contributed by atoms with Crippen LogP contribution in [0.2, 0.25) is 0 Å². The summed E-state index contributed by atoms with van der Waals surface area (Å²) in [7, 11) is 0. The molecular weight excluding hydrogens is 268 g/mol. The summed E-state index contributed by atoms with van der Waals surface area (Å²) in [5.74, 6) is 1.45. The topological polar surface area (TPSA) is 52.0 Å². The molecular formula is C16H22N2OS. The number of aryl methyl sites for hydroxylation is 1. The Hall–Kier alpha value is -1.26. The van der Waals surface area contributed by atoms with Crippen LogP contribution >= 0.6 is 11.8 Å². The lowest BCUT2D eigenvalue weighted by atomic mass is 10.0. The first-order valence-electron chi connectivity index (χ1n) is 6.94. The smallest absolute Gasteiger partial charge is 0.255 e. The molecule has 4 heteroatoms. The molecule has 0 spiro atoms. The van der Waals surface area contributed by atoms with Crippen molar-refractivity contribution in [2.75, 3.05) is 5.75 Å². The van der Waals surface area contributed by atoms with Crippen molar-refractivity contribution >= 4 is 11.8 Å². The van der Waals surface area contributed by atoms with E-state index >= 15 is 0 Å². The molecule has 1 unspecified atom stereocenters. The molecule has 0 amide bonds. The summed E-state index contributed by atoms with van der Waals surface area (Å²) < 4.78 is 5.31. The van der Waals surface area contributed by atoms with Crippen molar-refractivity contribution in [1.82, 2.24) is 4.98 Å². The molecule has 1 heterocycles. The fourth-order valence-electron chi connectivity index (χ4n) is 2.03. The number of oxazole rings is 1. The molecule has 0 bridgehead atoms. The van der Waals surface area contributed by atoms with Crippen LogP contribution in [0.25, 0.3) is 0 Å². The zero-order valence-corrected chi connectivity index (χ0v) is 13.1. The number of thioether (sulfide) groups is 1. The summed E-state index contributed by atoms with van der Waals surface area (Å²) >= 11 is 1.56. The Morgan fingerprint density at radius 1 is 1.25 bits per heavy atom. The van der Waals surface area contributed by atoms with Gasteiger partial charge in [0.05, 0.1) is 5.69 Å². The minimum absolute atomic E-state index is 0.000283. The second kappa shape index (κ2) is 6.95. The lowest BCUT2D eigenvalue weighted by molar-refractivity contribution is 0.453. The van der Waals surface area contributed by atoms with Crippen LogP contribution in [0.3, 0.4) is 0 Å². The van der Waals surface area contributed by atoms with Crippen molar-refractivity contribution in [3.05, 3.63) is 47.3 Å². The quantitative estimate of drug-likeness (QED) is 0.818. The van der Waals surface area contributed by atoms with Crippen molar-refractivity contribution in [1.29, 1.82) is 0 Å². The fraction of sp³-hybridized carbons (Fsp3) is 0.438. The van der Waals surface area contributed by atoms with Crippen molar-refractivity contribution in [2.24, 2.45) is 11.7 Å². The van der Waals surface area contributed by atoms with Gasteiger partial charge in [0.2, 0.25) is 0 Å². The van der Waals surface area contributed by atoms with Crippen LogP contribution in [0, 0.1) is 12.8 Å². The predicted molar refractivity (Wildman–Crippen MR) is 83.9 cm³/mol. The Balaban J connectivity index is 1.90. The first-order chi connectivity index (χ1) is 9.54. The lowest BCUT2D eigenvalue weighted by Crippen LogP contribution is -2.13. The number of benzene rings is 1. The van der Waals surface area contributed by atoms with Gasteiger partial charge in [0.25, 0.3) is 5.22 Å². The minimum Gasteiger partial charge on any atom is -0.440 e. The van der Waals surface area contributed by atoms with Gasteiger partial charge in [-0.15, -0.1) is 0 Å². The van der Waals surface area contributed by atoms with Crippen LogP contribution in [0.4, 0.5) is 0 Å². The average molecular weight is 290 g/mol. The van der Waals surface area contributed by atoms with Gasteiger partial charge >= 0.3 is 0 Å². The van der Waals surface area contributed by atoms with Crippen molar-refractivity contribution in [3.8, 4) is 0 Å². The van der Waals surface area contributed by atoms with Crippen LogP contribution in [0.15, 0.2) is 40.2 Å². The molecule has 2 rings (SSSR count). The zero-order chi connectivity index (χ0) is 14.5. The third-order valence-corrected chi connectivity index (χ3v) is 4.00. The molecule has 20 heavy (non-hydrogen) atoms. The molecule has 0 aliphatic heterocycles. The summed E-state index contributed by atoms with van der Waals surface area (Å²) in [6.07, 6.45) is 2.77. The molecule has 2 aromatic rings. The summed E-state index contributed by atoms with van der Waals surface area (Å²) in [5, 5.41) is 0.689. The maximum atomic E-state index is 6.21. The van der Waals surface area contributed by atoms with Crippen molar-refractivity contribution in [3.63, 3.8) is 0 Å². The van der Waals surface area contributed by atoms with E-state index < -0.39 is 0 Å². The van der Waals surface area contributed by atoms with E-state index in [9.17, 15) is 0 Å². The molecule has 0 saturated heterocycles. The van der Waals surface area contributed by atoms with Gasteiger partial charge in [-0.3, -0.25) is 0 Å². The number of aromatic nitrogens is 1. The van der Waals surface area contributed by atoms with Crippen LogP contribution in [-0.2, 0) is 6.42 Å². The van der Waals surface area contributed by atoms with E-state index in [0.717, 1.165) is 23.4 Å². The van der Waals surface area contributed by atoms with Gasteiger partial charge in [-0.05, 0) is 30.4 Å². The molecule has 0 radical (unpaired) electrons. The minimum atomic E-state index is 0.000283. The Kier molecular flexibility index (Phi) is 5.26. The third kappa shape index (κ3) is 4.39. The van der Waals surface area contributed by atoms with E-state index in [2.05, 4.69) is 43.1 Å². The molecule has 0 saturated carbocycles. The average Bonchev–Trinajstić information content (AvgIpc) is 2.82. The van der Waals surface area contributed by atoms with E-state index in [4.69, 9.17) is 10.2 Å². The standard InChI is InChI=1S/C16H22N2OS/c1-11(2)8-13-4-6-14(7-5-13)15(17)10-20-16-18-12(3)9-19-16/h4-7,9,11,15H,8,10,17H2,1-3H3. The van der Waals surface area contributed by atoms with Crippen molar-refractivity contribution in [2.45, 2.75) is 38.5 Å². The first kappa shape index (κ1) is 15.1. The monoisotopic (exact) mass is 290 g/mol. The number of hydrogen-bond acceptors (Lipinski definition) is 4. The summed E-state index contributed by atoms with van der Waals surface area (Å²) in [4.78, 5) is 4.26. The molecule has 108 valence electrons. The molecule has 3 nitrogen and oxygen atoms in total. The van der Waals surface area contributed by atoms with Gasteiger partial charge in [-0.2, -0.15) is 0 Å². The first-order valence-corrected chi connectivity index (χ1v) is 7.92. The molecule has 2 N–H and O–H groups in total. The van der Waals surface area contributed by atoms with Crippen LogP contribution in [0.5, 0.6) is 0 Å². The Morgan fingerprint density at radius 3 is 2.50 bits per heavy atom. The Bertz CT molecular complexity index is 534. The van der Waals surface area contributed by atoms with Gasteiger partial charge in [-0.1, -0.05) is 49.9 Å². The number of nitrogens with zero attached hydrogens (tertiary/aromatic N) is 1. The highest BCUT2D eigenvalue weighted by molar-refractivity contribution is 7.99. The normalized spacial score (nSPS) is 12.8. The maximum absolute atomic E-state index is 6.21. The number of hydrogen-bond donors (Lipinski definition) is 1. The van der Waals surface area contributed by atoms with E-state index in [1.807, 2.05) is 6.92 Å². The third-order valence-electron chi connectivity index (χ3n) is 3.04. The van der Waals surface area contributed by atoms with Gasteiger partial charge in [0.15, 0.2) is 0 Å². The fourth-order valence-corrected chi connectivity index (χ4v) is 2.87. The summed E-state index contributed by atoms with van der Waals surface area (Å²) in [5.41, 5.74) is 9.64. The maximum Gasteiger partial charge on any atom is 0.255 e. The molecule has 1 aromatic carbocycles. The van der Waals surface area contributed by atoms with E-state index in [0.29, 0.717) is 11.1 Å². The van der Waals surface area contributed by atoms with Gasteiger partial charge in [0.1, 0.15) is 6.26 Å². The van der Waals surface area contributed by atoms with E-state index in [-0.39, 0.29) is 6.04 Å². The molecule has 1 aromatic heterocycles. The van der Waals surface area contributed by atoms with Crippen LogP contribution < -0.4 is 5.73 Å². The highest BCUT2D eigenvalue weighted by atomic mass is 32.2. The predicted octanol–water partition coefficient (Wildman–Crippen LogP) is 3.97. The van der Waals surface area contributed by atoms with Gasteiger partial charge in [0, 0.05) is 11.8 Å². The van der Waals surface area contributed by atoms with Crippen LogP contribution in [-0.4, -0.2) is 10.7 Å². The van der Waals surface area contributed by atoms with Crippen LogP contribution in [0.1, 0.15) is 36.7 Å². The Morgan fingerprint density at radius 2 is 1.95 bits per heavy atom. The molecule has 1 atom stereocenters. The van der Waals surface area contributed by atoms with Gasteiger partial charge < -0.3 is 10.2 Å². The Labute approximate surface area is 125 Å².